The standard InChI is InChI=1S/C10H12NO2.K/c1-3-13-10(12)8-5-4-6-9(7-8)11-2;/h4-7H,3H2,1-2H3;/q-1;+1. The van der Waals surface area contributed by atoms with Crippen LogP contribution >= 0.6 is 0 Å². The summed E-state index contributed by atoms with van der Waals surface area (Å²) in [4.78, 5) is 11.2. The predicted molar refractivity (Wildman–Crippen MR) is 51.3 cm³/mol. The van der Waals surface area contributed by atoms with Crippen LogP contribution < -0.4 is 51.4 Å². The Morgan fingerprint density at radius 2 is 2.21 bits per heavy atom. The summed E-state index contributed by atoms with van der Waals surface area (Å²) in [6.07, 6.45) is 0. The summed E-state index contributed by atoms with van der Waals surface area (Å²) in [6, 6.07) is 7.04. The Bertz CT molecular complexity index is 302. The van der Waals surface area contributed by atoms with E-state index in [-0.39, 0.29) is 57.4 Å². The van der Waals surface area contributed by atoms with E-state index in [2.05, 4.69) is 5.32 Å². The molecule has 0 unspecified atom stereocenters. The Morgan fingerprint density at radius 1 is 1.50 bits per heavy atom. The minimum atomic E-state index is -0.298. The van der Waals surface area contributed by atoms with Crippen molar-refractivity contribution >= 4 is 11.7 Å². The first-order valence-corrected chi connectivity index (χ1v) is 4.15. The first kappa shape index (κ1) is 14.1. The first-order chi connectivity index (χ1) is 6.27. The molecule has 0 saturated heterocycles. The van der Waals surface area contributed by atoms with Crippen molar-refractivity contribution in [2.45, 2.75) is 6.92 Å². The summed E-state index contributed by atoms with van der Waals surface area (Å²) in [7, 11) is 1.68. The average molecular weight is 217 g/mol. The normalized spacial score (nSPS) is 8.71. The van der Waals surface area contributed by atoms with Gasteiger partial charge in [-0.3, -0.25) is 0 Å². The van der Waals surface area contributed by atoms with E-state index in [1.54, 1.807) is 32.2 Å². The largest absolute Gasteiger partial charge is 1.00 e. The van der Waals surface area contributed by atoms with Gasteiger partial charge in [0.05, 0.1) is 12.2 Å². The van der Waals surface area contributed by atoms with Gasteiger partial charge < -0.3 is 10.1 Å². The zero-order valence-corrected chi connectivity index (χ0v) is 11.9. The summed E-state index contributed by atoms with van der Waals surface area (Å²) < 4.78 is 4.85. The number of rotatable bonds is 3. The molecule has 0 saturated carbocycles. The molecule has 0 aliphatic heterocycles. The quantitative estimate of drug-likeness (QED) is 0.506. The fourth-order valence-corrected chi connectivity index (χ4v) is 0.986. The van der Waals surface area contributed by atoms with E-state index in [4.69, 9.17) is 4.74 Å². The zero-order valence-electron chi connectivity index (χ0n) is 8.78. The van der Waals surface area contributed by atoms with E-state index in [9.17, 15) is 4.79 Å². The smallest absolute Gasteiger partial charge is 0.687 e. The van der Waals surface area contributed by atoms with Gasteiger partial charge in [0.2, 0.25) is 0 Å². The molecule has 0 fully saturated rings. The summed E-state index contributed by atoms with van der Waals surface area (Å²) >= 11 is 0. The van der Waals surface area contributed by atoms with Crippen molar-refractivity contribution in [1.29, 1.82) is 0 Å². The maximum atomic E-state index is 11.2. The van der Waals surface area contributed by atoms with E-state index < -0.39 is 0 Å². The molecule has 1 aromatic rings. The number of hydrogen-bond acceptors (Lipinski definition) is 2. The monoisotopic (exact) mass is 217 g/mol. The third-order valence-electron chi connectivity index (χ3n) is 1.62. The van der Waals surface area contributed by atoms with Crippen LogP contribution in [0, 0.1) is 0 Å². The predicted octanol–water partition coefficient (Wildman–Crippen LogP) is -0.498. The Kier molecular flexibility index (Phi) is 7.49. The second-order valence-electron chi connectivity index (χ2n) is 2.49. The van der Waals surface area contributed by atoms with E-state index >= 15 is 0 Å². The van der Waals surface area contributed by atoms with Gasteiger partial charge in [-0.05, 0) is 13.0 Å². The van der Waals surface area contributed by atoms with Gasteiger partial charge in [0.25, 0.3) is 0 Å². The molecule has 1 rings (SSSR count). The van der Waals surface area contributed by atoms with Crippen molar-refractivity contribution in [2.24, 2.45) is 0 Å². The molecule has 0 N–H and O–H groups in total. The van der Waals surface area contributed by atoms with Crippen molar-refractivity contribution in [3.05, 3.63) is 35.1 Å². The molecular formula is C10H12KNO2. The van der Waals surface area contributed by atoms with Crippen molar-refractivity contribution in [1.82, 2.24) is 0 Å². The second kappa shape index (κ2) is 7.42. The van der Waals surface area contributed by atoms with Crippen LogP contribution in [-0.2, 0) is 4.74 Å². The van der Waals surface area contributed by atoms with Gasteiger partial charge >= 0.3 is 57.4 Å². The fourth-order valence-electron chi connectivity index (χ4n) is 0.986. The summed E-state index contributed by atoms with van der Waals surface area (Å²) in [5.41, 5.74) is 1.33. The minimum absolute atomic E-state index is 0. The second-order valence-corrected chi connectivity index (χ2v) is 2.49. The molecule has 0 atom stereocenters. The van der Waals surface area contributed by atoms with E-state index in [1.807, 2.05) is 6.07 Å². The average Bonchev–Trinajstić information content (AvgIpc) is 2.18. The van der Waals surface area contributed by atoms with Gasteiger partial charge in [-0.1, -0.05) is 18.2 Å². The summed E-state index contributed by atoms with van der Waals surface area (Å²) in [6.45, 7) is 2.18. The Hall–Kier alpha value is 0.126. The van der Waals surface area contributed by atoms with Crippen molar-refractivity contribution < 1.29 is 60.9 Å². The van der Waals surface area contributed by atoms with Crippen molar-refractivity contribution in [3.8, 4) is 0 Å². The third-order valence-corrected chi connectivity index (χ3v) is 1.62. The van der Waals surface area contributed by atoms with E-state index in [0.29, 0.717) is 12.2 Å². The molecule has 0 spiro atoms. The van der Waals surface area contributed by atoms with E-state index in [1.165, 1.54) is 0 Å². The maximum Gasteiger partial charge on any atom is 1.00 e. The van der Waals surface area contributed by atoms with Gasteiger partial charge in [0, 0.05) is 0 Å². The third kappa shape index (κ3) is 4.10. The fraction of sp³-hybridized carbons (Fsp3) is 0.300. The van der Waals surface area contributed by atoms with Crippen LogP contribution in [0.25, 0.3) is 5.32 Å². The molecular weight excluding hydrogens is 205 g/mol. The molecule has 70 valence electrons. The Morgan fingerprint density at radius 3 is 2.79 bits per heavy atom. The SMILES string of the molecule is CCOC(=O)c1cccc([N-]C)c1.[K+]. The number of benzene rings is 1. The summed E-state index contributed by atoms with van der Waals surface area (Å²) in [5.74, 6) is -0.298. The molecule has 0 aliphatic rings. The molecule has 0 aromatic heterocycles. The molecule has 0 heterocycles. The molecule has 0 radical (unpaired) electrons. The number of ether oxygens (including phenoxy) is 1. The number of esters is 1. The molecule has 3 nitrogen and oxygen atoms in total. The molecule has 4 heteroatoms. The molecule has 0 amide bonds. The molecule has 1 aromatic carbocycles. The van der Waals surface area contributed by atoms with Crippen LogP contribution in [0.1, 0.15) is 17.3 Å². The van der Waals surface area contributed by atoms with Crippen LogP contribution in [0.2, 0.25) is 0 Å². The van der Waals surface area contributed by atoms with Crippen molar-refractivity contribution in [3.63, 3.8) is 0 Å². The van der Waals surface area contributed by atoms with Gasteiger partial charge in [-0.25, -0.2) is 4.79 Å². The van der Waals surface area contributed by atoms with Crippen LogP contribution in [0.5, 0.6) is 0 Å². The van der Waals surface area contributed by atoms with Gasteiger partial charge in [0.15, 0.2) is 0 Å². The number of nitrogens with zero attached hydrogens (tertiary/aromatic N) is 1. The van der Waals surface area contributed by atoms with Crippen LogP contribution in [0.15, 0.2) is 24.3 Å². The van der Waals surface area contributed by atoms with Gasteiger partial charge in [0.1, 0.15) is 0 Å². The number of hydrogen-bond donors (Lipinski definition) is 0. The maximum absolute atomic E-state index is 11.2. The van der Waals surface area contributed by atoms with Crippen molar-refractivity contribution in [2.75, 3.05) is 13.7 Å². The van der Waals surface area contributed by atoms with Crippen LogP contribution in [0.4, 0.5) is 5.69 Å². The first-order valence-electron chi connectivity index (χ1n) is 4.15. The Labute approximate surface area is 127 Å². The molecule has 0 aliphatic carbocycles. The topological polar surface area (TPSA) is 40.4 Å². The van der Waals surface area contributed by atoms with Gasteiger partial charge in [-0.2, -0.15) is 0 Å². The van der Waals surface area contributed by atoms with Crippen LogP contribution in [0.3, 0.4) is 0 Å². The zero-order chi connectivity index (χ0) is 9.68. The van der Waals surface area contributed by atoms with E-state index in [0.717, 1.165) is 5.69 Å². The minimum Gasteiger partial charge on any atom is -0.687 e. The number of carbonyl (C=O) groups is 1. The summed E-state index contributed by atoms with van der Waals surface area (Å²) in [5, 5.41) is 3.97. The van der Waals surface area contributed by atoms with Gasteiger partial charge in [-0.15, -0.1) is 12.7 Å². The van der Waals surface area contributed by atoms with Crippen LogP contribution in [-0.4, -0.2) is 19.6 Å². The Balaban J connectivity index is 0.00000169. The number of carbonyl (C=O) groups excluding carboxylic acids is 1. The molecule has 14 heavy (non-hydrogen) atoms. The molecule has 0 bridgehead atoms.